The third-order valence-electron chi connectivity index (χ3n) is 2.55. The lowest BCUT2D eigenvalue weighted by Crippen LogP contribution is -2.30. The molecule has 1 aromatic carbocycles. The largest absolute Gasteiger partial charge is 0.497 e. The number of benzene rings is 1. The number of carboxylic acids is 1. The van der Waals surface area contributed by atoms with E-state index in [2.05, 4.69) is 4.74 Å². The zero-order valence-corrected chi connectivity index (χ0v) is 10.4. The first-order chi connectivity index (χ1) is 8.92. The first kappa shape index (κ1) is 14.9. The van der Waals surface area contributed by atoms with Gasteiger partial charge in [0.25, 0.3) is 0 Å². The van der Waals surface area contributed by atoms with Crippen LogP contribution in [0.25, 0.3) is 0 Å². The zero-order valence-electron chi connectivity index (χ0n) is 10.4. The average molecular weight is 270 g/mol. The number of esters is 1. The van der Waals surface area contributed by atoms with Crippen LogP contribution in [0, 0.1) is 0 Å². The summed E-state index contributed by atoms with van der Waals surface area (Å²) >= 11 is 0. The van der Waals surface area contributed by atoms with Crippen molar-refractivity contribution < 1.29 is 34.4 Å². The quantitative estimate of drug-likeness (QED) is 0.643. The molecule has 0 spiro atoms. The fourth-order valence-electron chi connectivity index (χ4n) is 1.53. The van der Waals surface area contributed by atoms with Gasteiger partial charge in [-0.2, -0.15) is 0 Å². The molecule has 0 fully saturated rings. The van der Waals surface area contributed by atoms with Crippen molar-refractivity contribution in [3.8, 4) is 5.75 Å². The van der Waals surface area contributed by atoms with E-state index in [9.17, 15) is 19.8 Å². The summed E-state index contributed by atoms with van der Waals surface area (Å²) in [7, 11) is 2.41. The molecule has 0 amide bonds. The second-order valence-corrected chi connectivity index (χ2v) is 3.67. The van der Waals surface area contributed by atoms with E-state index in [1.165, 1.54) is 25.3 Å². The molecule has 0 aliphatic heterocycles. The van der Waals surface area contributed by atoms with Crippen LogP contribution in [-0.2, 0) is 9.53 Å². The van der Waals surface area contributed by atoms with E-state index in [0.717, 1.165) is 7.11 Å². The Balaban J connectivity index is 3.22. The molecule has 0 bridgehead atoms. The van der Waals surface area contributed by atoms with Crippen LogP contribution in [0.1, 0.15) is 22.0 Å². The molecular formula is C12H14O7. The maximum absolute atomic E-state index is 11.2. The van der Waals surface area contributed by atoms with Crippen LogP contribution in [0.15, 0.2) is 18.2 Å². The van der Waals surface area contributed by atoms with Gasteiger partial charge in [-0.15, -0.1) is 0 Å². The number of hydrogen-bond acceptors (Lipinski definition) is 6. The highest BCUT2D eigenvalue weighted by Crippen LogP contribution is 2.26. The lowest BCUT2D eigenvalue weighted by atomic mass is 9.98. The van der Waals surface area contributed by atoms with E-state index < -0.39 is 24.1 Å². The Morgan fingerprint density at radius 2 is 1.84 bits per heavy atom. The van der Waals surface area contributed by atoms with Crippen LogP contribution in [0.4, 0.5) is 0 Å². The minimum absolute atomic E-state index is 0.134. The van der Waals surface area contributed by atoms with E-state index in [1.54, 1.807) is 0 Å². The highest BCUT2D eigenvalue weighted by Gasteiger charge is 2.30. The van der Waals surface area contributed by atoms with Gasteiger partial charge in [-0.1, -0.05) is 0 Å². The maximum atomic E-state index is 11.2. The molecule has 0 saturated carbocycles. The molecule has 7 heteroatoms. The Kier molecular flexibility index (Phi) is 4.85. The van der Waals surface area contributed by atoms with Crippen molar-refractivity contribution in [1.82, 2.24) is 0 Å². The van der Waals surface area contributed by atoms with Gasteiger partial charge >= 0.3 is 11.9 Å². The van der Waals surface area contributed by atoms with Crippen LogP contribution < -0.4 is 4.74 Å². The maximum Gasteiger partial charge on any atom is 0.337 e. The lowest BCUT2D eigenvalue weighted by molar-refractivity contribution is -0.156. The van der Waals surface area contributed by atoms with Gasteiger partial charge in [0.2, 0.25) is 0 Å². The van der Waals surface area contributed by atoms with Crippen molar-refractivity contribution in [2.24, 2.45) is 0 Å². The van der Waals surface area contributed by atoms with Crippen molar-refractivity contribution in [2.75, 3.05) is 14.2 Å². The first-order valence-corrected chi connectivity index (χ1v) is 5.27. The number of ether oxygens (including phenoxy) is 2. The van der Waals surface area contributed by atoms with Gasteiger partial charge in [0, 0.05) is 5.56 Å². The molecule has 7 nitrogen and oxygen atoms in total. The molecule has 0 radical (unpaired) electrons. The number of carbonyl (C=O) groups excluding carboxylic acids is 1. The second-order valence-electron chi connectivity index (χ2n) is 3.67. The smallest absolute Gasteiger partial charge is 0.337 e. The summed E-state index contributed by atoms with van der Waals surface area (Å²) in [5.41, 5.74) is -0.374. The summed E-state index contributed by atoms with van der Waals surface area (Å²) in [4.78, 5) is 22.2. The van der Waals surface area contributed by atoms with Gasteiger partial charge in [0.1, 0.15) is 11.9 Å². The van der Waals surface area contributed by atoms with Crippen LogP contribution in [0.2, 0.25) is 0 Å². The molecule has 0 heterocycles. The zero-order chi connectivity index (χ0) is 14.6. The number of aliphatic hydroxyl groups excluding tert-OH is 2. The van der Waals surface area contributed by atoms with Gasteiger partial charge in [0.05, 0.1) is 19.8 Å². The fraction of sp³-hybridized carbons (Fsp3) is 0.333. The number of carbonyl (C=O) groups is 2. The van der Waals surface area contributed by atoms with Crippen molar-refractivity contribution in [1.29, 1.82) is 0 Å². The Bertz CT molecular complexity index is 483. The summed E-state index contributed by atoms with van der Waals surface area (Å²) in [5, 5.41) is 28.4. The van der Waals surface area contributed by atoms with Crippen LogP contribution in [0.3, 0.4) is 0 Å². The second kappa shape index (κ2) is 6.17. The van der Waals surface area contributed by atoms with Crippen molar-refractivity contribution in [3.05, 3.63) is 29.3 Å². The third-order valence-corrected chi connectivity index (χ3v) is 2.55. The molecule has 19 heavy (non-hydrogen) atoms. The van der Waals surface area contributed by atoms with Crippen LogP contribution in [-0.4, -0.2) is 47.6 Å². The standard InChI is InChI=1S/C12H14O7/c1-18-6-3-4-7(11(15)16)8(5-6)9(13)10(14)12(17)19-2/h3-5,9-10,13-14H,1-2H3,(H,15,16). The summed E-state index contributed by atoms with van der Waals surface area (Å²) < 4.78 is 9.19. The first-order valence-electron chi connectivity index (χ1n) is 5.27. The molecule has 0 aromatic heterocycles. The molecule has 104 valence electrons. The number of aromatic carboxylic acids is 1. The Morgan fingerprint density at radius 3 is 2.32 bits per heavy atom. The number of hydrogen-bond donors (Lipinski definition) is 3. The Labute approximate surface area is 109 Å². The predicted molar refractivity (Wildman–Crippen MR) is 62.9 cm³/mol. The molecule has 3 N–H and O–H groups in total. The van der Waals surface area contributed by atoms with Crippen molar-refractivity contribution in [3.63, 3.8) is 0 Å². The average Bonchev–Trinajstić information content (AvgIpc) is 2.43. The molecule has 0 aliphatic carbocycles. The van der Waals surface area contributed by atoms with Crippen LogP contribution in [0.5, 0.6) is 5.75 Å². The van der Waals surface area contributed by atoms with E-state index in [0.29, 0.717) is 0 Å². The van der Waals surface area contributed by atoms with E-state index in [1.807, 2.05) is 0 Å². The minimum atomic E-state index is -1.88. The molecule has 2 unspecified atom stereocenters. The van der Waals surface area contributed by atoms with Gasteiger partial charge in [-0.05, 0) is 18.2 Å². The number of carboxylic acid groups (broad SMARTS) is 1. The lowest BCUT2D eigenvalue weighted by Gasteiger charge is -2.18. The van der Waals surface area contributed by atoms with Gasteiger partial charge in [-0.25, -0.2) is 9.59 Å². The van der Waals surface area contributed by atoms with E-state index in [4.69, 9.17) is 9.84 Å². The molecular weight excluding hydrogens is 256 g/mol. The van der Waals surface area contributed by atoms with E-state index in [-0.39, 0.29) is 16.9 Å². The van der Waals surface area contributed by atoms with Gasteiger partial charge in [0.15, 0.2) is 6.10 Å². The summed E-state index contributed by atoms with van der Waals surface area (Å²) in [6.45, 7) is 0. The Hall–Kier alpha value is -2.12. The summed E-state index contributed by atoms with van der Waals surface area (Å²) in [5.74, 6) is -2.07. The van der Waals surface area contributed by atoms with Gasteiger partial charge in [-0.3, -0.25) is 0 Å². The normalized spacial score (nSPS) is 13.5. The molecule has 0 saturated heterocycles. The molecule has 2 atom stereocenters. The number of rotatable bonds is 5. The van der Waals surface area contributed by atoms with Crippen molar-refractivity contribution in [2.45, 2.75) is 12.2 Å². The predicted octanol–water partition coefficient (Wildman–Crippen LogP) is -0.0393. The summed E-state index contributed by atoms with van der Waals surface area (Å²) in [6, 6.07) is 3.84. The molecule has 1 aromatic rings. The minimum Gasteiger partial charge on any atom is -0.497 e. The monoisotopic (exact) mass is 270 g/mol. The number of aliphatic hydroxyl groups is 2. The highest BCUT2D eigenvalue weighted by atomic mass is 16.5. The molecule has 1 rings (SSSR count). The third kappa shape index (κ3) is 3.21. The topological polar surface area (TPSA) is 113 Å². The SMILES string of the molecule is COC(=O)C(O)C(O)c1cc(OC)ccc1C(=O)O. The summed E-state index contributed by atoms with van der Waals surface area (Å²) in [6.07, 6.45) is -3.61. The number of methoxy groups -OCH3 is 2. The van der Waals surface area contributed by atoms with Crippen LogP contribution >= 0.6 is 0 Å². The fourth-order valence-corrected chi connectivity index (χ4v) is 1.53. The van der Waals surface area contributed by atoms with Crippen molar-refractivity contribution >= 4 is 11.9 Å². The van der Waals surface area contributed by atoms with Gasteiger partial charge < -0.3 is 24.8 Å². The van der Waals surface area contributed by atoms with E-state index >= 15 is 0 Å². The molecule has 0 aliphatic rings. The Morgan fingerprint density at radius 1 is 1.21 bits per heavy atom. The highest BCUT2D eigenvalue weighted by molar-refractivity contribution is 5.90.